The fraction of sp³-hybridized carbons (Fsp3) is 0.113. The quantitative estimate of drug-likeness (QED) is 0.0792. The lowest BCUT2D eigenvalue weighted by molar-refractivity contribution is -0.576. The molecule has 58 heavy (non-hydrogen) atoms. The Labute approximate surface area is 340 Å². The molecule has 6 aromatic carbocycles. The maximum absolute atomic E-state index is 10.9. The number of carbonyl (C=O) groups excluding carboxylic acids is 2. The maximum atomic E-state index is 10.9. The van der Waals surface area contributed by atoms with Gasteiger partial charge in [-0.15, -0.1) is 0 Å². The molecule has 0 saturated carbocycles. The number of benzene rings is 6. The number of para-hydroxylation sites is 4. The maximum Gasteiger partial charge on any atom is 0.219 e. The van der Waals surface area contributed by atoms with Crippen LogP contribution in [0.3, 0.4) is 0 Å². The summed E-state index contributed by atoms with van der Waals surface area (Å²) >= 11 is 0. The number of hydrogen-bond acceptors (Lipinski definition) is 2. The summed E-state index contributed by atoms with van der Waals surface area (Å²) in [6, 6.07) is 63.7. The minimum absolute atomic E-state index is 0.693. The van der Waals surface area contributed by atoms with Crippen LogP contribution in [-0.2, 0) is 6.42 Å². The number of nitrogens with zero attached hydrogens (tertiary/aromatic N) is 3. The number of pyridine rings is 3. The van der Waals surface area contributed by atoms with Gasteiger partial charge in [0.1, 0.15) is 12.6 Å². The van der Waals surface area contributed by atoms with Crippen molar-refractivity contribution in [2.75, 3.05) is 0 Å². The molecule has 5 heteroatoms. The van der Waals surface area contributed by atoms with Crippen molar-refractivity contribution in [2.45, 2.75) is 39.0 Å². The Morgan fingerprint density at radius 3 is 1.59 bits per heavy atom. The van der Waals surface area contributed by atoms with Gasteiger partial charge in [-0.3, -0.25) is 9.59 Å². The average Bonchev–Trinajstić information content (AvgIpc) is 3.30. The third-order valence-electron chi connectivity index (χ3n) is 10.2. The summed E-state index contributed by atoms with van der Waals surface area (Å²) in [6.07, 6.45) is 12.1. The second-order valence-electron chi connectivity index (χ2n) is 14.2. The predicted octanol–water partition coefficient (Wildman–Crippen LogP) is 11.1. The fourth-order valence-electron chi connectivity index (χ4n) is 7.29. The van der Waals surface area contributed by atoms with Crippen LogP contribution in [0.1, 0.15) is 59.0 Å². The third-order valence-corrected chi connectivity index (χ3v) is 10.2. The summed E-state index contributed by atoms with van der Waals surface area (Å²) in [4.78, 5) is 21.7. The van der Waals surface area contributed by atoms with E-state index in [0.29, 0.717) is 11.1 Å². The van der Waals surface area contributed by atoms with Gasteiger partial charge < -0.3 is 0 Å². The summed E-state index contributed by atoms with van der Waals surface area (Å²) < 4.78 is 6.62. The van der Waals surface area contributed by atoms with Gasteiger partial charge in [0, 0.05) is 107 Å². The average molecular weight is 759 g/mol. The largest absolute Gasteiger partial charge is 0.298 e. The Morgan fingerprint density at radius 2 is 0.931 bits per heavy atom. The van der Waals surface area contributed by atoms with E-state index in [4.69, 9.17) is 0 Å². The van der Waals surface area contributed by atoms with Crippen molar-refractivity contribution in [3.05, 3.63) is 217 Å². The molecule has 0 aliphatic heterocycles. The monoisotopic (exact) mass is 758 g/mol. The molecule has 0 spiro atoms. The molecule has 0 saturated heterocycles. The summed E-state index contributed by atoms with van der Waals surface area (Å²) in [5.41, 5.74) is 9.68. The van der Waals surface area contributed by atoms with Crippen LogP contribution in [0, 0.1) is 0 Å². The van der Waals surface area contributed by atoms with E-state index in [1.807, 2.05) is 122 Å². The lowest BCUT2D eigenvalue weighted by Crippen LogP contribution is -2.36. The van der Waals surface area contributed by atoms with E-state index in [1.54, 1.807) is 0 Å². The first-order valence-electron chi connectivity index (χ1n) is 20.0. The number of carbonyl (C=O) groups is 2. The SMILES string of the molecule is CCCCCCc1ccc2ccccc2[n+]1-c1ccccc1.O=Cc1ccc2c(ccc[n+]2-c2ccccc2)c1.O=Cc1ccc2ccc[n+](-c3ccccc3)c2c1. The van der Waals surface area contributed by atoms with Gasteiger partial charge in [-0.1, -0.05) is 99.0 Å². The van der Waals surface area contributed by atoms with E-state index in [-0.39, 0.29) is 0 Å². The smallest absolute Gasteiger partial charge is 0.219 e. The number of hydrogen-bond donors (Lipinski definition) is 0. The first-order chi connectivity index (χ1) is 28.7. The molecule has 0 unspecified atom stereocenters. The van der Waals surface area contributed by atoms with Crippen LogP contribution in [0.5, 0.6) is 0 Å². The van der Waals surface area contributed by atoms with Crippen molar-refractivity contribution in [2.24, 2.45) is 0 Å². The molecule has 0 fully saturated rings. The molecular formula is C53H48N3O2+3. The molecule has 284 valence electrons. The first kappa shape index (κ1) is 39.1. The van der Waals surface area contributed by atoms with Crippen LogP contribution in [0.2, 0.25) is 0 Å². The highest BCUT2D eigenvalue weighted by Gasteiger charge is 2.18. The number of aldehydes is 2. The second-order valence-corrected chi connectivity index (χ2v) is 14.2. The van der Waals surface area contributed by atoms with Crippen molar-refractivity contribution in [3.63, 3.8) is 0 Å². The molecule has 0 atom stereocenters. The molecule has 9 rings (SSSR count). The Morgan fingerprint density at radius 1 is 0.414 bits per heavy atom. The lowest BCUT2D eigenvalue weighted by Gasteiger charge is -2.07. The third kappa shape index (κ3) is 9.46. The Bertz CT molecular complexity index is 2750. The topological polar surface area (TPSA) is 45.8 Å². The van der Waals surface area contributed by atoms with Gasteiger partial charge in [0.05, 0.1) is 0 Å². The zero-order chi connectivity index (χ0) is 39.9. The van der Waals surface area contributed by atoms with Crippen molar-refractivity contribution in [3.8, 4) is 17.1 Å². The van der Waals surface area contributed by atoms with Crippen LogP contribution < -0.4 is 13.7 Å². The van der Waals surface area contributed by atoms with Gasteiger partial charge in [0.15, 0.2) is 18.1 Å². The molecule has 0 amide bonds. The van der Waals surface area contributed by atoms with Crippen molar-refractivity contribution < 1.29 is 23.3 Å². The Kier molecular flexibility index (Phi) is 13.3. The van der Waals surface area contributed by atoms with E-state index in [1.165, 1.54) is 48.0 Å². The van der Waals surface area contributed by atoms with Crippen molar-refractivity contribution >= 4 is 45.3 Å². The molecule has 0 aliphatic carbocycles. The molecule has 3 aromatic heterocycles. The van der Waals surface area contributed by atoms with E-state index >= 15 is 0 Å². The molecule has 0 aliphatic rings. The van der Waals surface area contributed by atoms with Crippen molar-refractivity contribution in [1.82, 2.24) is 0 Å². The highest BCUT2D eigenvalue weighted by atomic mass is 16.1. The fourth-order valence-corrected chi connectivity index (χ4v) is 7.29. The second kappa shape index (κ2) is 19.7. The van der Waals surface area contributed by atoms with Crippen molar-refractivity contribution in [1.29, 1.82) is 0 Å². The summed E-state index contributed by atoms with van der Waals surface area (Å²) in [5, 5.41) is 3.47. The minimum atomic E-state index is 0.693. The first-order valence-corrected chi connectivity index (χ1v) is 20.0. The molecule has 9 aromatic rings. The predicted molar refractivity (Wildman–Crippen MR) is 235 cm³/mol. The van der Waals surface area contributed by atoms with Crippen LogP contribution >= 0.6 is 0 Å². The van der Waals surface area contributed by atoms with Crippen LogP contribution in [0.4, 0.5) is 0 Å². The zero-order valence-electron chi connectivity index (χ0n) is 32.9. The van der Waals surface area contributed by atoms with Crippen LogP contribution in [0.25, 0.3) is 49.8 Å². The molecule has 0 bridgehead atoms. The summed E-state index contributed by atoms with van der Waals surface area (Å²) in [6.45, 7) is 2.26. The van der Waals surface area contributed by atoms with Gasteiger partial charge in [-0.05, 0) is 48.9 Å². The Balaban J connectivity index is 0.000000133. The lowest BCUT2D eigenvalue weighted by atomic mass is 10.1. The molecule has 0 N–H and O–H groups in total. The molecule has 5 nitrogen and oxygen atoms in total. The van der Waals surface area contributed by atoms with Gasteiger partial charge in [0.25, 0.3) is 0 Å². The van der Waals surface area contributed by atoms with Gasteiger partial charge in [0.2, 0.25) is 33.6 Å². The standard InChI is InChI=1S/C21H24N.2C16H12NO/c1-2-3-4-6-14-20-17-16-18-11-9-10-15-21(18)22(20)19-12-7-5-8-13-19;18-12-13-8-9-16-14(11-13)5-4-10-17(16)15-6-2-1-3-7-15;18-12-13-8-9-14-5-4-10-17(16(14)11-13)15-6-2-1-3-7-15/h5,7-13,15-17H,2-4,6,14H2,1H3;2*1-12H/q3*+1. The van der Waals surface area contributed by atoms with E-state index in [0.717, 1.165) is 52.2 Å². The summed E-state index contributed by atoms with van der Waals surface area (Å²) in [5.74, 6) is 0. The highest BCUT2D eigenvalue weighted by Crippen LogP contribution is 2.17. The number of aromatic nitrogens is 3. The van der Waals surface area contributed by atoms with E-state index in [2.05, 4.69) is 99.5 Å². The van der Waals surface area contributed by atoms with E-state index < -0.39 is 0 Å². The Hall–Kier alpha value is -7.11. The number of fused-ring (bicyclic) bond motifs is 3. The van der Waals surface area contributed by atoms with Gasteiger partial charge in [-0.2, -0.15) is 13.7 Å². The normalized spacial score (nSPS) is 10.6. The molecule has 0 radical (unpaired) electrons. The van der Waals surface area contributed by atoms with Crippen LogP contribution in [0.15, 0.2) is 200 Å². The number of unbranched alkanes of at least 4 members (excludes halogenated alkanes) is 3. The molecular weight excluding hydrogens is 711 g/mol. The number of aryl methyl sites for hydroxylation is 1. The molecule has 3 heterocycles. The zero-order valence-corrected chi connectivity index (χ0v) is 32.9. The van der Waals surface area contributed by atoms with Gasteiger partial charge >= 0.3 is 0 Å². The minimum Gasteiger partial charge on any atom is -0.298 e. The summed E-state index contributed by atoms with van der Waals surface area (Å²) in [7, 11) is 0. The van der Waals surface area contributed by atoms with E-state index in [9.17, 15) is 9.59 Å². The van der Waals surface area contributed by atoms with Gasteiger partial charge in [-0.25, -0.2) is 0 Å². The number of rotatable bonds is 10. The highest BCUT2D eigenvalue weighted by molar-refractivity contribution is 5.86. The van der Waals surface area contributed by atoms with Crippen LogP contribution in [-0.4, -0.2) is 12.6 Å².